The summed E-state index contributed by atoms with van der Waals surface area (Å²) in [7, 11) is 1.48. The number of halogens is 2. The number of hydrazone groups is 1. The number of pyridine rings is 1. The van der Waals surface area contributed by atoms with E-state index in [1.165, 1.54) is 37.7 Å². The second kappa shape index (κ2) is 10.7. The Morgan fingerprint density at radius 1 is 1.28 bits per heavy atom. The fourth-order valence-electron chi connectivity index (χ4n) is 2.62. The van der Waals surface area contributed by atoms with E-state index < -0.39 is 10.8 Å². The standard InChI is InChI=1S/C21H16BrClN4O5/c1-31-18-9-14(11-25-26-21(28)16-6-3-7-24-20(16)23)17(22)10-19(18)32-12-13-4-2-5-15(8-13)27(29)30/h2-11H,12H2,1H3,(H,26,28). The van der Waals surface area contributed by atoms with Gasteiger partial charge in [0.1, 0.15) is 11.8 Å². The number of nitrogens with one attached hydrogen (secondary N) is 1. The van der Waals surface area contributed by atoms with E-state index in [1.54, 1.807) is 30.3 Å². The largest absolute Gasteiger partial charge is 0.493 e. The molecule has 11 heteroatoms. The number of non-ortho nitro benzene ring substituents is 1. The number of nitrogens with zero attached hydrogens (tertiary/aromatic N) is 3. The number of carbonyl (C=O) groups is 1. The molecule has 9 nitrogen and oxygen atoms in total. The van der Waals surface area contributed by atoms with Crippen molar-refractivity contribution >= 4 is 45.3 Å². The first-order chi connectivity index (χ1) is 15.4. The zero-order valence-electron chi connectivity index (χ0n) is 16.6. The van der Waals surface area contributed by atoms with E-state index >= 15 is 0 Å². The lowest BCUT2D eigenvalue weighted by Crippen LogP contribution is -2.18. The molecule has 0 radical (unpaired) electrons. The maximum Gasteiger partial charge on any atom is 0.274 e. The van der Waals surface area contributed by atoms with E-state index in [1.807, 2.05) is 0 Å². The van der Waals surface area contributed by atoms with E-state index in [2.05, 4.69) is 31.4 Å². The summed E-state index contributed by atoms with van der Waals surface area (Å²) in [4.78, 5) is 26.5. The molecule has 0 unspecified atom stereocenters. The Kier molecular flexibility index (Phi) is 7.74. The third-order valence-corrected chi connectivity index (χ3v) is 5.16. The van der Waals surface area contributed by atoms with Gasteiger partial charge in [-0.05, 0) is 45.8 Å². The van der Waals surface area contributed by atoms with Gasteiger partial charge in [-0.1, -0.05) is 23.7 Å². The Bertz CT molecular complexity index is 1190. The van der Waals surface area contributed by atoms with Crippen LogP contribution in [0.5, 0.6) is 11.5 Å². The van der Waals surface area contributed by atoms with Crippen LogP contribution in [0.4, 0.5) is 5.69 Å². The zero-order chi connectivity index (χ0) is 23.1. The van der Waals surface area contributed by atoms with Gasteiger partial charge in [0.15, 0.2) is 11.5 Å². The highest BCUT2D eigenvalue weighted by atomic mass is 79.9. The van der Waals surface area contributed by atoms with Crippen molar-refractivity contribution in [3.05, 3.63) is 91.2 Å². The first-order valence-corrected chi connectivity index (χ1v) is 10.2. The van der Waals surface area contributed by atoms with Gasteiger partial charge in [-0.25, -0.2) is 10.4 Å². The van der Waals surface area contributed by atoms with Crippen LogP contribution in [0.15, 0.2) is 64.3 Å². The number of methoxy groups -OCH3 is 1. The molecule has 164 valence electrons. The first kappa shape index (κ1) is 23.2. The van der Waals surface area contributed by atoms with Gasteiger partial charge in [0.25, 0.3) is 11.6 Å². The lowest BCUT2D eigenvalue weighted by molar-refractivity contribution is -0.384. The SMILES string of the molecule is COc1cc(C=NNC(=O)c2cccnc2Cl)c(Br)cc1OCc1cccc([N+](=O)[O-])c1. The van der Waals surface area contributed by atoms with Crippen LogP contribution in [0.1, 0.15) is 21.5 Å². The molecule has 32 heavy (non-hydrogen) atoms. The van der Waals surface area contributed by atoms with Gasteiger partial charge < -0.3 is 9.47 Å². The van der Waals surface area contributed by atoms with Crippen LogP contribution in [-0.2, 0) is 6.61 Å². The Balaban J connectivity index is 1.71. The van der Waals surface area contributed by atoms with Crippen LogP contribution in [0.3, 0.4) is 0 Å². The quantitative estimate of drug-likeness (QED) is 0.199. The van der Waals surface area contributed by atoms with Gasteiger partial charge in [0.2, 0.25) is 0 Å². The lowest BCUT2D eigenvalue weighted by Gasteiger charge is -2.13. The van der Waals surface area contributed by atoms with Crippen molar-refractivity contribution in [3.63, 3.8) is 0 Å². The van der Waals surface area contributed by atoms with Crippen LogP contribution in [0.2, 0.25) is 5.15 Å². The van der Waals surface area contributed by atoms with Crippen molar-refractivity contribution in [2.24, 2.45) is 5.10 Å². The zero-order valence-corrected chi connectivity index (χ0v) is 19.0. The third kappa shape index (κ3) is 5.80. The number of amides is 1. The molecule has 0 saturated heterocycles. The fourth-order valence-corrected chi connectivity index (χ4v) is 3.25. The Hall–Kier alpha value is -3.50. The van der Waals surface area contributed by atoms with Gasteiger partial charge in [0, 0.05) is 28.4 Å². The van der Waals surface area contributed by atoms with Gasteiger partial charge in [-0.15, -0.1) is 0 Å². The summed E-state index contributed by atoms with van der Waals surface area (Å²) in [6.07, 6.45) is 2.91. The molecule has 3 rings (SSSR count). The molecule has 1 amide bonds. The van der Waals surface area contributed by atoms with Crippen molar-refractivity contribution in [3.8, 4) is 11.5 Å². The summed E-state index contributed by atoms with van der Waals surface area (Å²) in [6, 6.07) is 12.7. The lowest BCUT2D eigenvalue weighted by atomic mass is 10.2. The number of benzene rings is 2. The van der Waals surface area contributed by atoms with E-state index in [0.29, 0.717) is 27.1 Å². The van der Waals surface area contributed by atoms with E-state index in [9.17, 15) is 14.9 Å². The molecular formula is C21H16BrClN4O5. The summed E-state index contributed by atoms with van der Waals surface area (Å²) in [5.74, 6) is 0.343. The Morgan fingerprint density at radius 2 is 2.09 bits per heavy atom. The summed E-state index contributed by atoms with van der Waals surface area (Å²) < 4.78 is 11.8. The van der Waals surface area contributed by atoms with E-state index in [4.69, 9.17) is 21.1 Å². The van der Waals surface area contributed by atoms with Gasteiger partial charge >= 0.3 is 0 Å². The molecular weight excluding hydrogens is 504 g/mol. The number of aromatic nitrogens is 1. The molecule has 0 atom stereocenters. The second-order valence-corrected chi connectivity index (χ2v) is 7.49. The highest BCUT2D eigenvalue weighted by Gasteiger charge is 2.12. The summed E-state index contributed by atoms with van der Waals surface area (Å²) >= 11 is 9.33. The van der Waals surface area contributed by atoms with Gasteiger partial charge in [-0.2, -0.15) is 5.10 Å². The molecule has 0 bridgehead atoms. The molecule has 1 heterocycles. The monoisotopic (exact) mass is 518 g/mol. The predicted molar refractivity (Wildman–Crippen MR) is 122 cm³/mol. The van der Waals surface area contributed by atoms with Gasteiger partial charge in [0.05, 0.1) is 23.8 Å². The average Bonchev–Trinajstić information content (AvgIpc) is 2.79. The molecule has 0 spiro atoms. The average molecular weight is 520 g/mol. The minimum atomic E-state index is -0.501. The number of carbonyl (C=O) groups excluding carboxylic acids is 1. The highest BCUT2D eigenvalue weighted by molar-refractivity contribution is 9.10. The maximum atomic E-state index is 12.2. The molecule has 0 fully saturated rings. The summed E-state index contributed by atoms with van der Waals surface area (Å²) in [5.41, 5.74) is 3.83. The number of nitro groups is 1. The molecule has 0 saturated carbocycles. The third-order valence-electron chi connectivity index (χ3n) is 4.17. The minimum Gasteiger partial charge on any atom is -0.493 e. The van der Waals surface area contributed by atoms with Crippen molar-refractivity contribution < 1.29 is 19.2 Å². The predicted octanol–water partition coefficient (Wildman–Crippen LogP) is 4.76. The van der Waals surface area contributed by atoms with Crippen molar-refractivity contribution in [1.29, 1.82) is 0 Å². The minimum absolute atomic E-state index is 0.0135. The molecule has 2 aromatic carbocycles. The van der Waals surface area contributed by atoms with Crippen LogP contribution < -0.4 is 14.9 Å². The maximum absolute atomic E-state index is 12.2. The topological polar surface area (TPSA) is 116 Å². The van der Waals surface area contributed by atoms with Crippen molar-refractivity contribution in [2.75, 3.05) is 7.11 Å². The number of rotatable bonds is 8. The number of ether oxygens (including phenoxy) is 2. The fraction of sp³-hybridized carbons (Fsp3) is 0.0952. The number of hydrogen-bond donors (Lipinski definition) is 1. The molecule has 3 aromatic rings. The summed E-state index contributed by atoms with van der Waals surface area (Å²) in [6.45, 7) is 0.111. The summed E-state index contributed by atoms with van der Waals surface area (Å²) in [5, 5.41) is 14.9. The molecule has 1 aromatic heterocycles. The smallest absolute Gasteiger partial charge is 0.274 e. The second-order valence-electron chi connectivity index (χ2n) is 6.28. The van der Waals surface area contributed by atoms with Crippen LogP contribution in [-0.4, -0.2) is 29.1 Å². The van der Waals surface area contributed by atoms with E-state index in [-0.39, 0.29) is 23.0 Å². The molecule has 0 aliphatic carbocycles. The first-order valence-electron chi connectivity index (χ1n) is 9.06. The van der Waals surface area contributed by atoms with Crippen LogP contribution in [0.25, 0.3) is 0 Å². The normalized spacial score (nSPS) is 10.7. The molecule has 0 aliphatic heterocycles. The molecule has 1 N–H and O–H groups in total. The van der Waals surface area contributed by atoms with Crippen LogP contribution >= 0.6 is 27.5 Å². The van der Waals surface area contributed by atoms with Crippen molar-refractivity contribution in [2.45, 2.75) is 6.61 Å². The van der Waals surface area contributed by atoms with E-state index in [0.717, 1.165) is 0 Å². The molecule has 0 aliphatic rings. The highest BCUT2D eigenvalue weighted by Crippen LogP contribution is 2.33. The number of nitro benzene ring substituents is 1. The number of hydrogen-bond acceptors (Lipinski definition) is 7. The van der Waals surface area contributed by atoms with Crippen LogP contribution in [0, 0.1) is 10.1 Å². The Morgan fingerprint density at radius 3 is 2.81 bits per heavy atom. The van der Waals surface area contributed by atoms with Crippen molar-refractivity contribution in [1.82, 2.24) is 10.4 Å². The Labute approximate surface area is 196 Å². The van der Waals surface area contributed by atoms with Gasteiger partial charge in [-0.3, -0.25) is 14.9 Å².